The molecule has 0 amide bonds. The molecule has 0 bridgehead atoms. The van der Waals surface area contributed by atoms with Crippen LogP contribution in [0, 0.1) is 5.82 Å². The zero-order valence-corrected chi connectivity index (χ0v) is 10.9. The summed E-state index contributed by atoms with van der Waals surface area (Å²) in [5, 5.41) is 14.3. The number of hydrogen-bond acceptors (Lipinski definition) is 3. The SMILES string of the molecule is O=Cc1c(-c2ccccc2F)nn(-c2ccccc2)c1O. The van der Waals surface area contributed by atoms with Gasteiger partial charge < -0.3 is 5.11 Å². The van der Waals surface area contributed by atoms with E-state index in [9.17, 15) is 14.3 Å². The third kappa shape index (κ3) is 2.18. The molecule has 1 N–H and O–H groups in total. The summed E-state index contributed by atoms with van der Waals surface area (Å²) in [6, 6.07) is 14.8. The molecule has 0 aliphatic rings. The number of aldehydes is 1. The molecule has 0 aliphatic carbocycles. The van der Waals surface area contributed by atoms with Crippen molar-refractivity contribution in [2.45, 2.75) is 0 Å². The van der Waals surface area contributed by atoms with Crippen LogP contribution in [0.1, 0.15) is 10.4 Å². The third-order valence-electron chi connectivity index (χ3n) is 3.14. The van der Waals surface area contributed by atoms with Gasteiger partial charge in [0.05, 0.1) is 5.69 Å². The number of carbonyl (C=O) groups is 1. The van der Waals surface area contributed by atoms with Gasteiger partial charge >= 0.3 is 0 Å². The Kier molecular flexibility index (Phi) is 3.23. The van der Waals surface area contributed by atoms with Crippen LogP contribution in [-0.2, 0) is 0 Å². The Morgan fingerprint density at radius 2 is 1.71 bits per heavy atom. The quantitative estimate of drug-likeness (QED) is 0.750. The average molecular weight is 282 g/mol. The van der Waals surface area contributed by atoms with Crippen LogP contribution in [0.2, 0.25) is 0 Å². The highest BCUT2D eigenvalue weighted by molar-refractivity contribution is 5.89. The minimum Gasteiger partial charge on any atom is -0.493 e. The monoisotopic (exact) mass is 282 g/mol. The maximum absolute atomic E-state index is 13.9. The molecule has 1 heterocycles. The van der Waals surface area contributed by atoms with Crippen molar-refractivity contribution in [3.63, 3.8) is 0 Å². The van der Waals surface area contributed by atoms with Gasteiger partial charge in [-0.05, 0) is 24.3 Å². The smallest absolute Gasteiger partial charge is 0.225 e. The summed E-state index contributed by atoms with van der Waals surface area (Å²) in [5.74, 6) is -0.812. The van der Waals surface area contributed by atoms with E-state index in [1.165, 1.54) is 16.8 Å². The molecule has 0 atom stereocenters. The molecule has 4 nitrogen and oxygen atoms in total. The van der Waals surface area contributed by atoms with E-state index in [1.807, 2.05) is 6.07 Å². The van der Waals surface area contributed by atoms with Crippen LogP contribution in [0.25, 0.3) is 16.9 Å². The van der Waals surface area contributed by atoms with Crippen LogP contribution >= 0.6 is 0 Å². The van der Waals surface area contributed by atoms with Gasteiger partial charge in [-0.1, -0.05) is 30.3 Å². The highest BCUT2D eigenvalue weighted by Gasteiger charge is 2.21. The van der Waals surface area contributed by atoms with Crippen molar-refractivity contribution < 1.29 is 14.3 Å². The van der Waals surface area contributed by atoms with Gasteiger partial charge in [-0.15, -0.1) is 0 Å². The molecule has 104 valence electrons. The zero-order valence-electron chi connectivity index (χ0n) is 10.9. The summed E-state index contributed by atoms with van der Waals surface area (Å²) < 4.78 is 15.1. The second-order valence-corrected chi connectivity index (χ2v) is 4.43. The summed E-state index contributed by atoms with van der Waals surface area (Å²) in [6.45, 7) is 0. The van der Waals surface area contributed by atoms with Crippen molar-refractivity contribution in [2.24, 2.45) is 0 Å². The van der Waals surface area contributed by atoms with Gasteiger partial charge in [-0.3, -0.25) is 4.79 Å². The molecule has 5 heteroatoms. The lowest BCUT2D eigenvalue weighted by atomic mass is 10.1. The molecule has 3 rings (SSSR count). The lowest BCUT2D eigenvalue weighted by molar-refractivity contribution is 0.112. The highest BCUT2D eigenvalue weighted by Crippen LogP contribution is 2.31. The van der Waals surface area contributed by atoms with E-state index in [0.717, 1.165) is 0 Å². The fourth-order valence-corrected chi connectivity index (χ4v) is 2.13. The van der Waals surface area contributed by atoms with E-state index in [2.05, 4.69) is 5.10 Å². The Morgan fingerprint density at radius 3 is 2.38 bits per heavy atom. The van der Waals surface area contributed by atoms with Crippen LogP contribution in [0.4, 0.5) is 4.39 Å². The van der Waals surface area contributed by atoms with Crippen molar-refractivity contribution in [3.05, 3.63) is 66.0 Å². The Balaban J connectivity index is 2.24. The lowest BCUT2D eigenvalue weighted by Crippen LogP contribution is -1.95. The number of halogens is 1. The second-order valence-electron chi connectivity index (χ2n) is 4.43. The molecule has 0 radical (unpaired) electrons. The first kappa shape index (κ1) is 13.1. The van der Waals surface area contributed by atoms with Crippen molar-refractivity contribution >= 4 is 6.29 Å². The van der Waals surface area contributed by atoms with Gasteiger partial charge in [0.25, 0.3) is 0 Å². The first-order valence-electron chi connectivity index (χ1n) is 6.30. The largest absolute Gasteiger partial charge is 0.493 e. The molecule has 0 unspecified atom stereocenters. The molecule has 0 fully saturated rings. The fourth-order valence-electron chi connectivity index (χ4n) is 2.13. The number of aromatic nitrogens is 2. The second kappa shape index (κ2) is 5.20. The van der Waals surface area contributed by atoms with Crippen molar-refractivity contribution in [3.8, 4) is 22.8 Å². The molecule has 3 aromatic rings. The molecule has 0 saturated carbocycles. The standard InChI is InChI=1S/C16H11FN2O2/c17-14-9-5-4-8-12(14)15-13(10-20)16(21)19(18-15)11-6-2-1-3-7-11/h1-10,21H. The molecular weight excluding hydrogens is 271 g/mol. The van der Waals surface area contributed by atoms with Gasteiger partial charge in [0.1, 0.15) is 17.1 Å². The van der Waals surface area contributed by atoms with E-state index < -0.39 is 5.82 Å². The minimum atomic E-state index is -0.502. The molecule has 2 aromatic carbocycles. The van der Waals surface area contributed by atoms with Crippen molar-refractivity contribution in [2.75, 3.05) is 0 Å². The maximum atomic E-state index is 13.9. The number of rotatable bonds is 3. The average Bonchev–Trinajstić information content (AvgIpc) is 2.85. The number of hydrogen-bond donors (Lipinski definition) is 1. The summed E-state index contributed by atoms with van der Waals surface area (Å²) in [5.41, 5.74) is 0.832. The molecular formula is C16H11FN2O2. The van der Waals surface area contributed by atoms with Crippen LogP contribution in [-0.4, -0.2) is 21.2 Å². The number of para-hydroxylation sites is 1. The Labute approximate surface area is 120 Å². The number of carbonyl (C=O) groups excluding carboxylic acids is 1. The first-order valence-corrected chi connectivity index (χ1v) is 6.30. The summed E-state index contributed by atoms with van der Waals surface area (Å²) in [7, 11) is 0. The molecule has 0 saturated heterocycles. The minimum absolute atomic E-state index is 0.0380. The van der Waals surface area contributed by atoms with Crippen molar-refractivity contribution in [1.29, 1.82) is 0 Å². The van der Waals surface area contributed by atoms with Gasteiger partial charge in [0.15, 0.2) is 6.29 Å². The number of aromatic hydroxyl groups is 1. The Morgan fingerprint density at radius 1 is 1.05 bits per heavy atom. The summed E-state index contributed by atoms with van der Waals surface area (Å²) in [6.07, 6.45) is 0.476. The topological polar surface area (TPSA) is 55.1 Å². The van der Waals surface area contributed by atoms with E-state index in [1.54, 1.807) is 36.4 Å². The van der Waals surface area contributed by atoms with E-state index in [4.69, 9.17) is 0 Å². The number of benzene rings is 2. The molecule has 0 spiro atoms. The summed E-state index contributed by atoms with van der Waals surface area (Å²) >= 11 is 0. The van der Waals surface area contributed by atoms with Gasteiger partial charge in [-0.2, -0.15) is 9.78 Å². The normalized spacial score (nSPS) is 10.5. The van der Waals surface area contributed by atoms with Gasteiger partial charge in [0, 0.05) is 5.56 Å². The first-order chi connectivity index (χ1) is 10.2. The van der Waals surface area contributed by atoms with Crippen LogP contribution in [0.15, 0.2) is 54.6 Å². The highest BCUT2D eigenvalue weighted by atomic mass is 19.1. The van der Waals surface area contributed by atoms with E-state index >= 15 is 0 Å². The summed E-state index contributed by atoms with van der Waals surface area (Å²) in [4.78, 5) is 11.2. The third-order valence-corrected chi connectivity index (χ3v) is 3.14. The van der Waals surface area contributed by atoms with Crippen LogP contribution < -0.4 is 0 Å². The van der Waals surface area contributed by atoms with Gasteiger partial charge in [0.2, 0.25) is 5.88 Å². The van der Waals surface area contributed by atoms with E-state index in [0.29, 0.717) is 12.0 Å². The molecule has 1 aromatic heterocycles. The van der Waals surface area contributed by atoms with Crippen LogP contribution in [0.3, 0.4) is 0 Å². The number of nitrogens with zero attached hydrogens (tertiary/aromatic N) is 2. The van der Waals surface area contributed by atoms with Gasteiger partial charge in [-0.25, -0.2) is 4.39 Å². The van der Waals surface area contributed by atoms with Crippen molar-refractivity contribution in [1.82, 2.24) is 9.78 Å². The van der Waals surface area contributed by atoms with Crippen LogP contribution in [0.5, 0.6) is 5.88 Å². The fraction of sp³-hybridized carbons (Fsp3) is 0. The predicted molar refractivity (Wildman–Crippen MR) is 76.0 cm³/mol. The predicted octanol–water partition coefficient (Wildman–Crippen LogP) is 3.20. The lowest BCUT2D eigenvalue weighted by Gasteiger charge is -2.01. The Hall–Kier alpha value is -2.95. The van der Waals surface area contributed by atoms with E-state index in [-0.39, 0.29) is 22.7 Å². The molecule has 0 aliphatic heterocycles. The Bertz CT molecular complexity index is 797. The maximum Gasteiger partial charge on any atom is 0.225 e. The zero-order chi connectivity index (χ0) is 14.8. The molecule has 21 heavy (non-hydrogen) atoms.